The molecule has 8 heavy (non-hydrogen) atoms. The highest BCUT2D eigenvalue weighted by Crippen LogP contribution is 1.93. The molecular formula is C4O2S2-2. The minimum absolute atomic E-state index is 0.0185. The standard InChI is InChI=1S/C4H2O2S2/c5-1-2(6)4(8)3(1)7/h7-8H/p-2. The van der Waals surface area contributed by atoms with Crippen molar-refractivity contribution in [1.82, 2.24) is 0 Å². The van der Waals surface area contributed by atoms with E-state index in [1.165, 1.54) is 0 Å². The SMILES string of the molecule is O=c1c([S-])c([S-])c1=O. The third kappa shape index (κ3) is 0.468. The third-order valence-corrected chi connectivity index (χ3v) is 1.73. The Morgan fingerprint density at radius 2 is 1.12 bits per heavy atom. The van der Waals surface area contributed by atoms with Crippen LogP contribution in [0.3, 0.4) is 0 Å². The number of hydrogen-bond donors (Lipinski definition) is 0. The van der Waals surface area contributed by atoms with Gasteiger partial charge in [-0.15, -0.1) is 9.79 Å². The number of rotatable bonds is 0. The lowest BCUT2D eigenvalue weighted by Gasteiger charge is -2.18. The van der Waals surface area contributed by atoms with Crippen molar-refractivity contribution in [3.63, 3.8) is 0 Å². The van der Waals surface area contributed by atoms with Crippen LogP contribution >= 0.6 is 0 Å². The van der Waals surface area contributed by atoms with Gasteiger partial charge in [0.05, 0.1) is 0 Å². The summed E-state index contributed by atoms with van der Waals surface area (Å²) in [6.45, 7) is 0. The van der Waals surface area contributed by atoms with E-state index in [-0.39, 0.29) is 9.79 Å². The smallest absolute Gasteiger partial charge is 0.203 e. The van der Waals surface area contributed by atoms with Crippen LogP contribution in [-0.4, -0.2) is 0 Å². The van der Waals surface area contributed by atoms with Crippen LogP contribution in [0.1, 0.15) is 0 Å². The first-order valence-corrected chi connectivity index (χ1v) is 2.63. The molecule has 1 aromatic rings. The highest BCUT2D eigenvalue weighted by Gasteiger charge is 1.97. The average molecular weight is 144 g/mol. The molecule has 0 radical (unpaired) electrons. The Balaban J connectivity index is 3.48. The van der Waals surface area contributed by atoms with E-state index < -0.39 is 10.9 Å². The van der Waals surface area contributed by atoms with E-state index in [2.05, 4.69) is 25.3 Å². The Kier molecular flexibility index (Phi) is 1.06. The van der Waals surface area contributed by atoms with Gasteiger partial charge in [-0.1, -0.05) is 0 Å². The Morgan fingerprint density at radius 1 is 0.875 bits per heavy atom. The first-order chi connectivity index (χ1) is 3.64. The topological polar surface area (TPSA) is 34.1 Å². The summed E-state index contributed by atoms with van der Waals surface area (Å²) < 4.78 is 0. The van der Waals surface area contributed by atoms with Crippen molar-refractivity contribution < 1.29 is 0 Å². The lowest BCUT2D eigenvalue weighted by atomic mass is 10.3. The molecular weight excluding hydrogens is 144 g/mol. The van der Waals surface area contributed by atoms with E-state index in [1.54, 1.807) is 0 Å². The van der Waals surface area contributed by atoms with E-state index in [0.29, 0.717) is 0 Å². The lowest BCUT2D eigenvalue weighted by Crippen LogP contribution is -2.35. The molecule has 0 aliphatic carbocycles. The molecule has 0 fully saturated rings. The molecule has 0 aliphatic heterocycles. The van der Waals surface area contributed by atoms with Gasteiger partial charge in [-0.2, -0.15) is 0 Å². The Labute approximate surface area is 56.0 Å². The molecule has 0 aliphatic rings. The molecule has 0 spiro atoms. The molecule has 0 aromatic heterocycles. The quantitative estimate of drug-likeness (QED) is 0.349. The zero-order valence-corrected chi connectivity index (χ0v) is 5.27. The second-order valence-electron chi connectivity index (χ2n) is 1.32. The molecule has 2 nitrogen and oxygen atoms in total. The summed E-state index contributed by atoms with van der Waals surface area (Å²) >= 11 is 8.79. The molecule has 0 saturated heterocycles. The third-order valence-electron chi connectivity index (χ3n) is 0.825. The van der Waals surface area contributed by atoms with Crippen LogP contribution in [0.5, 0.6) is 0 Å². The summed E-state index contributed by atoms with van der Waals surface area (Å²) in [5.41, 5.74) is -1.21. The summed E-state index contributed by atoms with van der Waals surface area (Å²) in [4.78, 5) is 20.4. The van der Waals surface area contributed by atoms with E-state index in [1.807, 2.05) is 0 Å². The maximum absolute atomic E-state index is 10.2. The van der Waals surface area contributed by atoms with Crippen molar-refractivity contribution in [2.45, 2.75) is 9.79 Å². The van der Waals surface area contributed by atoms with Gasteiger partial charge in [0, 0.05) is 0 Å². The predicted octanol–water partition coefficient (Wildman–Crippen LogP) is -0.906. The van der Waals surface area contributed by atoms with Crippen molar-refractivity contribution in [3.8, 4) is 0 Å². The fourth-order valence-corrected chi connectivity index (χ4v) is 0.721. The van der Waals surface area contributed by atoms with Gasteiger partial charge in [-0.3, -0.25) is 9.59 Å². The van der Waals surface area contributed by atoms with Gasteiger partial charge < -0.3 is 25.3 Å². The molecule has 0 N–H and O–H groups in total. The lowest BCUT2D eigenvalue weighted by molar-refractivity contribution is 1.05. The van der Waals surface area contributed by atoms with Crippen molar-refractivity contribution >= 4 is 25.3 Å². The van der Waals surface area contributed by atoms with Gasteiger partial charge >= 0.3 is 0 Å². The number of hydrogen-bond acceptors (Lipinski definition) is 4. The van der Waals surface area contributed by atoms with Crippen LogP contribution in [0.4, 0.5) is 0 Å². The molecule has 0 bridgehead atoms. The van der Waals surface area contributed by atoms with Crippen LogP contribution in [0, 0.1) is 0 Å². The van der Waals surface area contributed by atoms with E-state index in [9.17, 15) is 9.59 Å². The Morgan fingerprint density at radius 3 is 1.25 bits per heavy atom. The zero-order valence-electron chi connectivity index (χ0n) is 3.63. The van der Waals surface area contributed by atoms with Crippen LogP contribution in [0.2, 0.25) is 0 Å². The maximum Gasteiger partial charge on any atom is 0.203 e. The molecule has 0 unspecified atom stereocenters. The van der Waals surface area contributed by atoms with Crippen molar-refractivity contribution in [2.75, 3.05) is 0 Å². The van der Waals surface area contributed by atoms with Crippen molar-refractivity contribution in [1.29, 1.82) is 0 Å². The minimum Gasteiger partial charge on any atom is -0.777 e. The summed E-state index contributed by atoms with van der Waals surface area (Å²) in [5.74, 6) is 0. The van der Waals surface area contributed by atoms with Gasteiger partial charge in [0.2, 0.25) is 10.9 Å². The van der Waals surface area contributed by atoms with Crippen molar-refractivity contribution in [2.24, 2.45) is 0 Å². The molecule has 42 valence electrons. The van der Waals surface area contributed by atoms with Crippen LogP contribution in [0.15, 0.2) is 19.4 Å². The van der Waals surface area contributed by atoms with Crippen LogP contribution in [0.25, 0.3) is 0 Å². The Bertz CT molecular complexity index is 252. The van der Waals surface area contributed by atoms with Gasteiger partial charge in [-0.25, -0.2) is 0 Å². The van der Waals surface area contributed by atoms with E-state index in [0.717, 1.165) is 0 Å². The van der Waals surface area contributed by atoms with Crippen molar-refractivity contribution in [3.05, 3.63) is 20.4 Å². The van der Waals surface area contributed by atoms with Gasteiger partial charge in [0.1, 0.15) is 0 Å². The van der Waals surface area contributed by atoms with Crippen LogP contribution < -0.4 is 10.9 Å². The summed E-state index contributed by atoms with van der Waals surface area (Å²) in [7, 11) is 0. The van der Waals surface area contributed by atoms with Crippen LogP contribution in [-0.2, 0) is 25.3 Å². The molecule has 4 heteroatoms. The second kappa shape index (κ2) is 1.50. The summed E-state index contributed by atoms with van der Waals surface area (Å²) in [6, 6.07) is 0. The average Bonchev–Trinajstić information content (AvgIpc) is 1.83. The highest BCUT2D eigenvalue weighted by atomic mass is 32.1. The Hall–Kier alpha value is -0.480. The van der Waals surface area contributed by atoms with Gasteiger partial charge in [0.25, 0.3) is 0 Å². The predicted molar refractivity (Wildman–Crippen MR) is 32.6 cm³/mol. The molecule has 1 aromatic carbocycles. The fourth-order valence-electron chi connectivity index (χ4n) is 0.350. The first-order valence-electron chi connectivity index (χ1n) is 1.82. The van der Waals surface area contributed by atoms with Gasteiger partial charge in [0.15, 0.2) is 0 Å². The second-order valence-corrected chi connectivity index (χ2v) is 2.13. The zero-order chi connectivity index (χ0) is 6.31. The molecule has 0 amide bonds. The molecule has 0 heterocycles. The summed E-state index contributed by atoms with van der Waals surface area (Å²) in [5, 5.41) is 0. The first kappa shape index (κ1) is 5.65. The van der Waals surface area contributed by atoms with Gasteiger partial charge in [-0.05, 0) is 0 Å². The molecule has 1 rings (SSSR count). The monoisotopic (exact) mass is 144 g/mol. The molecule has 0 saturated carbocycles. The minimum atomic E-state index is -0.606. The maximum atomic E-state index is 10.2. The molecule has 0 atom stereocenters. The summed E-state index contributed by atoms with van der Waals surface area (Å²) in [6.07, 6.45) is 0. The largest absolute Gasteiger partial charge is 0.777 e. The van der Waals surface area contributed by atoms with E-state index >= 15 is 0 Å². The normalized spacial score (nSPS) is 10.0. The van der Waals surface area contributed by atoms with E-state index in [4.69, 9.17) is 0 Å². The fraction of sp³-hybridized carbons (Fsp3) is 0. The highest BCUT2D eigenvalue weighted by molar-refractivity contribution is 7.62.